The fourth-order valence-electron chi connectivity index (χ4n) is 1.19. The normalized spacial score (nSPS) is 10.4. The monoisotopic (exact) mass is 190 g/mol. The number of aliphatic hydroxyl groups is 1. The fraction of sp³-hybridized carbons (Fsp3) is 0.200. The fourth-order valence-corrected chi connectivity index (χ4v) is 1.19. The highest BCUT2D eigenvalue weighted by molar-refractivity contribution is 5.57. The predicted octanol–water partition coefficient (Wildman–Crippen LogP) is 1.27. The highest BCUT2D eigenvalue weighted by atomic mass is 16.5. The third-order valence-corrected chi connectivity index (χ3v) is 1.87. The van der Waals surface area contributed by atoms with Crippen LogP contribution in [0.15, 0.2) is 35.1 Å². The van der Waals surface area contributed by atoms with Crippen LogP contribution in [0.3, 0.4) is 0 Å². The molecule has 0 unspecified atom stereocenters. The van der Waals surface area contributed by atoms with Gasteiger partial charge in [-0.05, 0) is 12.1 Å². The molecule has 2 aromatic rings. The molecule has 4 nitrogen and oxygen atoms in total. The Balaban J connectivity index is 2.25. The van der Waals surface area contributed by atoms with E-state index < -0.39 is 0 Å². The molecule has 0 spiro atoms. The Morgan fingerprint density at radius 1 is 1.43 bits per heavy atom. The van der Waals surface area contributed by atoms with Crippen LogP contribution in [-0.4, -0.2) is 21.9 Å². The lowest BCUT2D eigenvalue weighted by atomic mass is 10.2. The van der Waals surface area contributed by atoms with Crippen molar-refractivity contribution in [2.75, 3.05) is 6.61 Å². The quantitative estimate of drug-likeness (QED) is 0.791. The molecule has 0 aliphatic heterocycles. The summed E-state index contributed by atoms with van der Waals surface area (Å²) in [5, 5.41) is 12.6. The molecule has 14 heavy (non-hydrogen) atoms. The zero-order valence-electron chi connectivity index (χ0n) is 7.55. The summed E-state index contributed by atoms with van der Waals surface area (Å²) in [6.45, 7) is 0.0711. The SMILES string of the molecule is OCCc1cc(-c2cccnc2)no1. The molecule has 72 valence electrons. The minimum Gasteiger partial charge on any atom is -0.396 e. The maximum atomic E-state index is 8.70. The number of hydrogen-bond donors (Lipinski definition) is 1. The molecule has 0 radical (unpaired) electrons. The molecule has 1 N–H and O–H groups in total. The van der Waals surface area contributed by atoms with Crippen LogP contribution in [0.5, 0.6) is 0 Å². The average Bonchev–Trinajstić information content (AvgIpc) is 2.68. The molecule has 0 aliphatic carbocycles. The largest absolute Gasteiger partial charge is 0.396 e. The number of aromatic nitrogens is 2. The van der Waals surface area contributed by atoms with Crippen LogP contribution in [-0.2, 0) is 6.42 Å². The summed E-state index contributed by atoms with van der Waals surface area (Å²) in [6, 6.07) is 5.57. The lowest BCUT2D eigenvalue weighted by Gasteiger charge is -1.90. The van der Waals surface area contributed by atoms with Gasteiger partial charge in [-0.3, -0.25) is 4.98 Å². The third-order valence-electron chi connectivity index (χ3n) is 1.87. The maximum Gasteiger partial charge on any atom is 0.139 e. The first-order valence-corrected chi connectivity index (χ1v) is 4.37. The minimum absolute atomic E-state index is 0.0711. The van der Waals surface area contributed by atoms with E-state index >= 15 is 0 Å². The maximum absolute atomic E-state index is 8.70. The van der Waals surface area contributed by atoms with E-state index in [2.05, 4.69) is 10.1 Å². The first kappa shape index (κ1) is 8.90. The zero-order chi connectivity index (χ0) is 9.80. The van der Waals surface area contributed by atoms with Crippen LogP contribution in [0, 0.1) is 0 Å². The van der Waals surface area contributed by atoms with Crippen molar-refractivity contribution in [3.05, 3.63) is 36.4 Å². The first-order chi connectivity index (χ1) is 6.90. The molecule has 0 saturated heterocycles. The summed E-state index contributed by atoms with van der Waals surface area (Å²) in [5.74, 6) is 0.686. The van der Waals surface area contributed by atoms with E-state index in [0.29, 0.717) is 12.2 Å². The Labute approximate surface area is 81.2 Å². The minimum atomic E-state index is 0.0711. The first-order valence-electron chi connectivity index (χ1n) is 4.37. The number of hydrogen-bond acceptors (Lipinski definition) is 4. The van der Waals surface area contributed by atoms with E-state index in [1.54, 1.807) is 12.4 Å². The molecule has 2 heterocycles. The van der Waals surface area contributed by atoms with Crippen molar-refractivity contribution in [1.29, 1.82) is 0 Å². The molecule has 0 aromatic carbocycles. The highest BCUT2D eigenvalue weighted by Crippen LogP contribution is 2.17. The van der Waals surface area contributed by atoms with Crippen molar-refractivity contribution >= 4 is 0 Å². The molecule has 2 aromatic heterocycles. The lowest BCUT2D eigenvalue weighted by molar-refractivity contribution is 0.277. The third kappa shape index (κ3) is 1.80. The van der Waals surface area contributed by atoms with Gasteiger partial charge in [-0.15, -0.1) is 0 Å². The van der Waals surface area contributed by atoms with E-state index in [9.17, 15) is 0 Å². The van der Waals surface area contributed by atoms with Crippen LogP contribution in [0.2, 0.25) is 0 Å². The van der Waals surface area contributed by atoms with Crippen LogP contribution < -0.4 is 0 Å². The second kappa shape index (κ2) is 4.02. The Bertz CT molecular complexity index is 398. The van der Waals surface area contributed by atoms with Crippen LogP contribution in [0.25, 0.3) is 11.3 Å². The van der Waals surface area contributed by atoms with Crippen LogP contribution in [0.4, 0.5) is 0 Å². The van der Waals surface area contributed by atoms with E-state index in [0.717, 1.165) is 11.3 Å². The van der Waals surface area contributed by atoms with Crippen molar-refractivity contribution in [3.63, 3.8) is 0 Å². The molecule has 4 heteroatoms. The van der Waals surface area contributed by atoms with Gasteiger partial charge in [-0.2, -0.15) is 0 Å². The number of aliphatic hydroxyl groups excluding tert-OH is 1. The molecule has 0 atom stereocenters. The molecule has 0 bridgehead atoms. The Kier molecular flexibility index (Phi) is 2.55. The van der Waals surface area contributed by atoms with Crippen molar-refractivity contribution in [1.82, 2.24) is 10.1 Å². The summed E-state index contributed by atoms with van der Waals surface area (Å²) < 4.78 is 5.02. The number of nitrogens with zero attached hydrogens (tertiary/aromatic N) is 2. The molecular weight excluding hydrogens is 180 g/mol. The summed E-state index contributed by atoms with van der Waals surface area (Å²) in [6.07, 6.45) is 3.92. The predicted molar refractivity (Wildman–Crippen MR) is 50.5 cm³/mol. The van der Waals surface area contributed by atoms with E-state index in [4.69, 9.17) is 9.63 Å². The highest BCUT2D eigenvalue weighted by Gasteiger charge is 2.05. The second-order valence-corrected chi connectivity index (χ2v) is 2.89. The van der Waals surface area contributed by atoms with Gasteiger partial charge in [0.25, 0.3) is 0 Å². The van der Waals surface area contributed by atoms with E-state index in [1.165, 1.54) is 0 Å². The van der Waals surface area contributed by atoms with Crippen molar-refractivity contribution < 1.29 is 9.63 Å². The Hall–Kier alpha value is -1.68. The topological polar surface area (TPSA) is 59.2 Å². The van der Waals surface area contributed by atoms with Gasteiger partial charge in [0.2, 0.25) is 0 Å². The molecular formula is C10H10N2O2. The molecule has 0 saturated carbocycles. The van der Waals surface area contributed by atoms with Gasteiger partial charge in [0, 0.05) is 30.4 Å². The second-order valence-electron chi connectivity index (χ2n) is 2.89. The van der Waals surface area contributed by atoms with Crippen molar-refractivity contribution in [2.45, 2.75) is 6.42 Å². The van der Waals surface area contributed by atoms with Gasteiger partial charge in [-0.25, -0.2) is 0 Å². The van der Waals surface area contributed by atoms with Gasteiger partial charge in [0.15, 0.2) is 0 Å². The summed E-state index contributed by atoms with van der Waals surface area (Å²) in [4.78, 5) is 3.99. The van der Waals surface area contributed by atoms with Gasteiger partial charge in [0.1, 0.15) is 11.5 Å². The standard InChI is InChI=1S/C10H10N2O2/c13-5-3-9-6-10(12-14-9)8-2-1-4-11-7-8/h1-2,4,6-7,13H,3,5H2. The van der Waals surface area contributed by atoms with Gasteiger partial charge < -0.3 is 9.63 Å². The molecule has 2 rings (SSSR count). The number of pyridine rings is 1. The van der Waals surface area contributed by atoms with Crippen molar-refractivity contribution in [2.24, 2.45) is 0 Å². The number of rotatable bonds is 3. The lowest BCUT2D eigenvalue weighted by Crippen LogP contribution is -1.86. The summed E-state index contributed by atoms with van der Waals surface area (Å²) in [7, 11) is 0. The van der Waals surface area contributed by atoms with Gasteiger partial charge in [-0.1, -0.05) is 5.16 Å². The van der Waals surface area contributed by atoms with Crippen LogP contribution >= 0.6 is 0 Å². The zero-order valence-corrected chi connectivity index (χ0v) is 7.55. The van der Waals surface area contributed by atoms with E-state index in [-0.39, 0.29) is 6.61 Å². The smallest absolute Gasteiger partial charge is 0.139 e. The Morgan fingerprint density at radius 2 is 2.36 bits per heavy atom. The Morgan fingerprint density at radius 3 is 3.07 bits per heavy atom. The molecule has 0 amide bonds. The van der Waals surface area contributed by atoms with Crippen molar-refractivity contribution in [3.8, 4) is 11.3 Å². The average molecular weight is 190 g/mol. The summed E-state index contributed by atoms with van der Waals surface area (Å²) in [5.41, 5.74) is 1.67. The summed E-state index contributed by atoms with van der Waals surface area (Å²) >= 11 is 0. The molecule has 0 aliphatic rings. The van der Waals surface area contributed by atoms with Gasteiger partial charge in [0.05, 0.1) is 6.61 Å². The van der Waals surface area contributed by atoms with Crippen LogP contribution in [0.1, 0.15) is 5.76 Å². The van der Waals surface area contributed by atoms with E-state index in [1.807, 2.05) is 18.2 Å². The van der Waals surface area contributed by atoms with Gasteiger partial charge >= 0.3 is 0 Å². The molecule has 0 fully saturated rings.